The summed E-state index contributed by atoms with van der Waals surface area (Å²) < 4.78 is 3.59. The quantitative estimate of drug-likeness (QED) is 0.382. The molecule has 0 N–H and O–H groups in total. The highest BCUT2D eigenvalue weighted by atomic mass is 32.2. The zero-order valence-corrected chi connectivity index (χ0v) is 19.4. The number of aromatic nitrogens is 4. The average Bonchev–Trinajstić information content (AvgIpc) is 3.21. The van der Waals surface area contributed by atoms with Gasteiger partial charge in [0.05, 0.1) is 16.7 Å². The number of carbonyl (C=O) groups is 1. The highest BCUT2D eigenvalue weighted by Crippen LogP contribution is 2.22. The fraction of sp³-hybridized carbons (Fsp3) is 0.333. The molecule has 0 radical (unpaired) electrons. The Morgan fingerprint density at radius 1 is 1.06 bits per heavy atom. The molecule has 0 atom stereocenters. The molecule has 7 nitrogen and oxygen atoms in total. The van der Waals surface area contributed by atoms with Crippen molar-refractivity contribution < 1.29 is 4.79 Å². The van der Waals surface area contributed by atoms with E-state index in [4.69, 9.17) is 0 Å². The number of para-hydroxylation sites is 1. The Morgan fingerprint density at radius 2 is 1.78 bits per heavy atom. The largest absolute Gasteiger partial charge is 0.341 e. The Labute approximate surface area is 191 Å². The monoisotopic (exact) mass is 449 g/mol. The maximum atomic E-state index is 13.1. The van der Waals surface area contributed by atoms with Crippen LogP contribution in [0.15, 0.2) is 64.5 Å². The summed E-state index contributed by atoms with van der Waals surface area (Å²) in [4.78, 5) is 27.6. The standard InChI is InChI=1S/C24H27N5O2S/c1-17(2)13-14-28-22(31)19-11-7-8-12-20(19)29-23(28)25-26-24(29)32-16-21(30)27(3)15-18-9-5-4-6-10-18/h4-12,17H,13-16H2,1-3H3. The maximum Gasteiger partial charge on any atom is 0.262 e. The van der Waals surface area contributed by atoms with Gasteiger partial charge in [-0.15, -0.1) is 10.2 Å². The van der Waals surface area contributed by atoms with E-state index >= 15 is 0 Å². The second-order valence-corrected chi connectivity index (χ2v) is 9.24. The molecule has 0 saturated heterocycles. The Kier molecular flexibility index (Phi) is 6.60. The molecule has 32 heavy (non-hydrogen) atoms. The lowest BCUT2D eigenvalue weighted by atomic mass is 10.1. The van der Waals surface area contributed by atoms with Gasteiger partial charge in [0.1, 0.15) is 0 Å². The molecule has 0 saturated carbocycles. The van der Waals surface area contributed by atoms with Crippen LogP contribution >= 0.6 is 11.8 Å². The molecule has 0 aliphatic heterocycles. The van der Waals surface area contributed by atoms with Crippen molar-refractivity contribution in [2.75, 3.05) is 12.8 Å². The molecule has 0 aliphatic carbocycles. The van der Waals surface area contributed by atoms with Gasteiger partial charge in [-0.25, -0.2) is 0 Å². The van der Waals surface area contributed by atoms with Gasteiger partial charge in [-0.05, 0) is 30.0 Å². The van der Waals surface area contributed by atoms with Crippen LogP contribution in [-0.2, 0) is 17.9 Å². The minimum Gasteiger partial charge on any atom is -0.341 e. The number of hydrogen-bond donors (Lipinski definition) is 0. The van der Waals surface area contributed by atoms with Crippen LogP contribution in [0, 0.1) is 5.92 Å². The third kappa shape index (κ3) is 4.55. The first-order valence-electron chi connectivity index (χ1n) is 10.7. The predicted octanol–water partition coefficient (Wildman–Crippen LogP) is 3.84. The van der Waals surface area contributed by atoms with Crippen LogP contribution in [0.1, 0.15) is 25.8 Å². The first-order chi connectivity index (χ1) is 15.5. The van der Waals surface area contributed by atoms with E-state index in [1.54, 1.807) is 16.5 Å². The molecule has 0 fully saturated rings. The summed E-state index contributed by atoms with van der Waals surface area (Å²) in [5, 5.41) is 9.89. The zero-order chi connectivity index (χ0) is 22.7. The second kappa shape index (κ2) is 9.56. The Hall–Kier alpha value is -3.13. The van der Waals surface area contributed by atoms with Gasteiger partial charge >= 0.3 is 0 Å². The third-order valence-corrected chi connectivity index (χ3v) is 6.34. The molecule has 2 aromatic carbocycles. The number of benzene rings is 2. The van der Waals surface area contributed by atoms with Gasteiger partial charge in [0.2, 0.25) is 11.7 Å². The van der Waals surface area contributed by atoms with E-state index in [1.165, 1.54) is 11.8 Å². The molecule has 4 rings (SSSR count). The molecule has 1 amide bonds. The molecule has 0 bridgehead atoms. The molecule has 8 heteroatoms. The van der Waals surface area contributed by atoms with Gasteiger partial charge in [0.15, 0.2) is 5.16 Å². The van der Waals surface area contributed by atoms with E-state index in [0.29, 0.717) is 35.3 Å². The summed E-state index contributed by atoms with van der Waals surface area (Å²) in [7, 11) is 1.80. The number of nitrogens with zero attached hydrogens (tertiary/aromatic N) is 5. The third-order valence-electron chi connectivity index (χ3n) is 5.42. The number of amides is 1. The van der Waals surface area contributed by atoms with Gasteiger partial charge in [-0.3, -0.25) is 18.6 Å². The van der Waals surface area contributed by atoms with Crippen molar-refractivity contribution >= 4 is 34.3 Å². The fourth-order valence-electron chi connectivity index (χ4n) is 3.60. The smallest absolute Gasteiger partial charge is 0.262 e. The van der Waals surface area contributed by atoms with Crippen LogP contribution in [0.4, 0.5) is 0 Å². The molecule has 0 aliphatic rings. The van der Waals surface area contributed by atoms with E-state index in [0.717, 1.165) is 17.5 Å². The first-order valence-corrected chi connectivity index (χ1v) is 11.7. The summed E-state index contributed by atoms with van der Waals surface area (Å²) in [6, 6.07) is 17.4. The van der Waals surface area contributed by atoms with Crippen LogP contribution in [0.5, 0.6) is 0 Å². The van der Waals surface area contributed by atoms with Crippen molar-refractivity contribution in [1.82, 2.24) is 24.1 Å². The lowest BCUT2D eigenvalue weighted by Gasteiger charge is -2.17. The number of fused-ring (bicyclic) bond motifs is 3. The van der Waals surface area contributed by atoms with Gasteiger partial charge in [-0.1, -0.05) is 68.1 Å². The van der Waals surface area contributed by atoms with E-state index in [-0.39, 0.29) is 17.2 Å². The minimum atomic E-state index is -0.0589. The zero-order valence-electron chi connectivity index (χ0n) is 18.6. The Bertz CT molecular complexity index is 1300. The molecule has 166 valence electrons. The lowest BCUT2D eigenvalue weighted by molar-refractivity contribution is -0.127. The van der Waals surface area contributed by atoms with E-state index in [1.807, 2.05) is 59.0 Å². The maximum absolute atomic E-state index is 13.1. The fourth-order valence-corrected chi connectivity index (χ4v) is 4.48. The average molecular weight is 450 g/mol. The highest BCUT2D eigenvalue weighted by molar-refractivity contribution is 7.99. The van der Waals surface area contributed by atoms with E-state index in [2.05, 4.69) is 24.0 Å². The molecule has 0 spiro atoms. The Morgan fingerprint density at radius 3 is 2.53 bits per heavy atom. The van der Waals surface area contributed by atoms with Crippen molar-refractivity contribution in [2.24, 2.45) is 5.92 Å². The summed E-state index contributed by atoms with van der Waals surface area (Å²) in [5.41, 5.74) is 1.78. The van der Waals surface area contributed by atoms with E-state index in [9.17, 15) is 9.59 Å². The van der Waals surface area contributed by atoms with Crippen molar-refractivity contribution in [3.63, 3.8) is 0 Å². The topological polar surface area (TPSA) is 72.5 Å². The van der Waals surface area contributed by atoms with Crippen LogP contribution in [0.2, 0.25) is 0 Å². The molecular weight excluding hydrogens is 422 g/mol. The number of hydrogen-bond acceptors (Lipinski definition) is 5. The normalized spacial score (nSPS) is 11.5. The molecular formula is C24H27N5O2S. The van der Waals surface area contributed by atoms with Gasteiger partial charge < -0.3 is 4.90 Å². The summed E-state index contributed by atoms with van der Waals surface area (Å²) >= 11 is 1.34. The number of rotatable bonds is 8. The number of aryl methyl sites for hydroxylation is 1. The lowest BCUT2D eigenvalue weighted by Crippen LogP contribution is -2.28. The highest BCUT2D eigenvalue weighted by Gasteiger charge is 2.18. The van der Waals surface area contributed by atoms with Crippen LogP contribution in [0.25, 0.3) is 16.7 Å². The summed E-state index contributed by atoms with van der Waals surface area (Å²) in [5.74, 6) is 1.22. The molecule has 2 heterocycles. The van der Waals surface area contributed by atoms with Crippen molar-refractivity contribution in [3.8, 4) is 0 Å². The van der Waals surface area contributed by atoms with E-state index < -0.39 is 0 Å². The van der Waals surface area contributed by atoms with Crippen molar-refractivity contribution in [2.45, 2.75) is 38.5 Å². The van der Waals surface area contributed by atoms with Crippen LogP contribution in [-0.4, -0.2) is 42.8 Å². The predicted molar refractivity (Wildman–Crippen MR) is 128 cm³/mol. The molecule has 2 aromatic heterocycles. The van der Waals surface area contributed by atoms with Gasteiger partial charge in [0.25, 0.3) is 5.56 Å². The number of carbonyl (C=O) groups excluding carboxylic acids is 1. The van der Waals surface area contributed by atoms with Crippen molar-refractivity contribution in [3.05, 3.63) is 70.5 Å². The first kappa shape index (κ1) is 22.1. The number of thioether (sulfide) groups is 1. The SMILES string of the molecule is CC(C)CCn1c(=O)c2ccccc2n2c(SCC(=O)N(C)Cc3ccccc3)nnc12. The van der Waals surface area contributed by atoms with Crippen LogP contribution < -0.4 is 5.56 Å². The minimum absolute atomic E-state index is 0.00744. The van der Waals surface area contributed by atoms with Crippen LogP contribution in [0.3, 0.4) is 0 Å². The van der Waals surface area contributed by atoms with Gasteiger partial charge in [0, 0.05) is 20.1 Å². The summed E-state index contributed by atoms with van der Waals surface area (Å²) in [6.07, 6.45) is 0.867. The summed E-state index contributed by atoms with van der Waals surface area (Å²) in [6.45, 7) is 5.39. The van der Waals surface area contributed by atoms with Gasteiger partial charge in [-0.2, -0.15) is 0 Å². The van der Waals surface area contributed by atoms with Crippen molar-refractivity contribution in [1.29, 1.82) is 0 Å². The molecule has 4 aromatic rings. The second-order valence-electron chi connectivity index (χ2n) is 8.30. The Balaban J connectivity index is 1.62. The molecule has 0 unspecified atom stereocenters.